The van der Waals surface area contributed by atoms with Gasteiger partial charge in [-0.25, -0.2) is 0 Å². The van der Waals surface area contributed by atoms with E-state index in [4.69, 9.17) is 4.74 Å². The number of hydrogen-bond donors (Lipinski definition) is 1. The van der Waals surface area contributed by atoms with Crippen LogP contribution >= 0.6 is 11.8 Å². The van der Waals surface area contributed by atoms with Crippen molar-refractivity contribution in [2.24, 2.45) is 0 Å². The maximum atomic E-state index is 13.2. The van der Waals surface area contributed by atoms with Crippen molar-refractivity contribution in [2.45, 2.75) is 30.8 Å². The molecule has 4 rings (SSSR count). The minimum Gasteiger partial charge on any atom is -0.376 e. The monoisotopic (exact) mass is 408 g/mol. The zero-order chi connectivity index (χ0) is 20.2. The van der Waals surface area contributed by atoms with Gasteiger partial charge >= 0.3 is 0 Å². The first kappa shape index (κ1) is 19.7. The van der Waals surface area contributed by atoms with E-state index in [1.54, 1.807) is 4.90 Å². The number of carbonyl (C=O) groups is 2. The quantitative estimate of drug-likeness (QED) is 0.765. The molecule has 1 N–H and O–H groups in total. The van der Waals surface area contributed by atoms with Gasteiger partial charge in [-0.15, -0.1) is 0 Å². The molecule has 0 aliphatic carbocycles. The molecule has 1 fully saturated rings. The molecule has 0 saturated carbocycles. The number of anilines is 1. The third kappa shape index (κ3) is 4.54. The second-order valence-corrected chi connectivity index (χ2v) is 8.35. The highest BCUT2D eigenvalue weighted by Crippen LogP contribution is 2.42. The van der Waals surface area contributed by atoms with Crippen molar-refractivity contribution in [3.8, 4) is 0 Å². The lowest BCUT2D eigenvalue weighted by atomic mass is 10.1. The number of nitrogens with zero attached hydrogens (tertiary/aromatic N) is 1. The number of benzene rings is 2. The second kappa shape index (κ2) is 8.84. The Kier molecular flexibility index (Phi) is 6.02. The molecule has 6 heteroatoms. The van der Waals surface area contributed by atoms with E-state index in [0.29, 0.717) is 11.4 Å². The van der Waals surface area contributed by atoms with Gasteiger partial charge in [0.25, 0.3) is 5.91 Å². The molecule has 2 aromatic carbocycles. The molecule has 0 radical (unpaired) electrons. The first-order valence-electron chi connectivity index (χ1n) is 9.86. The number of carbonyl (C=O) groups excluding carboxylic acids is 2. The van der Waals surface area contributed by atoms with Crippen molar-refractivity contribution in [2.75, 3.05) is 24.6 Å². The number of hydrogen-bond acceptors (Lipinski definition) is 4. The Balaban J connectivity index is 1.55. The van der Waals surface area contributed by atoms with Crippen LogP contribution in [-0.4, -0.2) is 37.6 Å². The summed E-state index contributed by atoms with van der Waals surface area (Å²) in [6.45, 7) is 3.26. The summed E-state index contributed by atoms with van der Waals surface area (Å²) in [5.74, 6) is -0.324. The van der Waals surface area contributed by atoms with Crippen LogP contribution in [0.3, 0.4) is 0 Å². The van der Waals surface area contributed by atoms with Gasteiger partial charge in [0.2, 0.25) is 5.91 Å². The average Bonchev–Trinajstić information content (AvgIpc) is 3.25. The van der Waals surface area contributed by atoms with Crippen LogP contribution < -0.4 is 10.2 Å². The van der Waals surface area contributed by atoms with Crippen LogP contribution in [0, 0.1) is 6.92 Å². The largest absolute Gasteiger partial charge is 0.376 e. The van der Waals surface area contributed by atoms with E-state index in [0.717, 1.165) is 41.2 Å². The van der Waals surface area contributed by atoms with Crippen LogP contribution in [0.25, 0.3) is 6.08 Å². The van der Waals surface area contributed by atoms with Crippen molar-refractivity contribution >= 4 is 35.3 Å². The van der Waals surface area contributed by atoms with Gasteiger partial charge in [0.05, 0.1) is 16.7 Å². The lowest BCUT2D eigenvalue weighted by Gasteiger charge is -2.30. The van der Waals surface area contributed by atoms with Gasteiger partial charge < -0.3 is 10.1 Å². The van der Waals surface area contributed by atoms with Gasteiger partial charge in [-0.3, -0.25) is 14.5 Å². The minimum absolute atomic E-state index is 0.00572. The van der Waals surface area contributed by atoms with Crippen molar-refractivity contribution in [3.63, 3.8) is 0 Å². The van der Waals surface area contributed by atoms with Gasteiger partial charge in [0, 0.05) is 18.0 Å². The van der Waals surface area contributed by atoms with Gasteiger partial charge in [0.15, 0.2) is 0 Å². The molecular weight excluding hydrogens is 384 g/mol. The fourth-order valence-corrected chi connectivity index (χ4v) is 4.59. The van der Waals surface area contributed by atoms with Gasteiger partial charge in [-0.05, 0) is 49.1 Å². The van der Waals surface area contributed by atoms with E-state index < -0.39 is 0 Å². The Morgan fingerprint density at radius 2 is 2.03 bits per heavy atom. The third-order valence-corrected chi connectivity index (χ3v) is 6.24. The maximum Gasteiger partial charge on any atom is 0.265 e. The average molecular weight is 409 g/mol. The molecule has 2 heterocycles. The summed E-state index contributed by atoms with van der Waals surface area (Å²) in [4.78, 5) is 28.9. The summed E-state index contributed by atoms with van der Waals surface area (Å²) in [5, 5.41) is 2.91. The number of fused-ring (bicyclic) bond motifs is 1. The van der Waals surface area contributed by atoms with Crippen LogP contribution in [0.2, 0.25) is 0 Å². The predicted molar refractivity (Wildman–Crippen MR) is 116 cm³/mol. The zero-order valence-electron chi connectivity index (χ0n) is 16.4. The lowest BCUT2D eigenvalue weighted by molar-refractivity contribution is -0.122. The number of rotatable bonds is 5. The normalized spacial score (nSPS) is 20.0. The van der Waals surface area contributed by atoms with Gasteiger partial charge in [0.1, 0.15) is 6.54 Å². The molecular formula is C23H24N2O3S. The lowest BCUT2D eigenvalue weighted by Crippen LogP contribution is -2.44. The molecule has 0 bridgehead atoms. The Morgan fingerprint density at radius 3 is 2.83 bits per heavy atom. The Labute approximate surface area is 175 Å². The highest BCUT2D eigenvalue weighted by molar-refractivity contribution is 8.04. The standard InChI is InChI=1S/C23H24N2O3S/c1-16-7-2-3-8-17(16)13-21-23(27)25(19-10-4-5-11-20(19)29-21)15-22(26)24-14-18-9-6-12-28-18/h2-5,7-8,10-11,13,18H,6,9,12,14-15H2,1H3,(H,24,26). The van der Waals surface area contributed by atoms with E-state index >= 15 is 0 Å². The molecule has 2 aliphatic rings. The predicted octanol–water partition coefficient (Wildman–Crippen LogP) is 3.77. The third-order valence-electron chi connectivity index (χ3n) is 5.16. The fourth-order valence-electron chi connectivity index (χ4n) is 3.54. The van der Waals surface area contributed by atoms with Crippen LogP contribution in [0.15, 0.2) is 58.3 Å². The first-order valence-corrected chi connectivity index (χ1v) is 10.7. The van der Waals surface area contributed by atoms with Gasteiger partial charge in [-0.1, -0.05) is 48.2 Å². The zero-order valence-corrected chi connectivity index (χ0v) is 17.2. The number of para-hydroxylation sites is 1. The molecule has 1 unspecified atom stereocenters. The van der Waals surface area contributed by atoms with Crippen molar-refractivity contribution < 1.29 is 14.3 Å². The Hall–Kier alpha value is -2.57. The molecule has 0 spiro atoms. The van der Waals surface area contributed by atoms with Crippen molar-refractivity contribution in [1.29, 1.82) is 0 Å². The van der Waals surface area contributed by atoms with Crippen molar-refractivity contribution in [1.82, 2.24) is 5.32 Å². The van der Waals surface area contributed by atoms with Crippen LogP contribution in [0.1, 0.15) is 24.0 Å². The number of ether oxygens (including phenoxy) is 1. The highest BCUT2D eigenvalue weighted by atomic mass is 32.2. The van der Waals surface area contributed by atoms with E-state index in [-0.39, 0.29) is 24.5 Å². The summed E-state index contributed by atoms with van der Waals surface area (Å²) in [7, 11) is 0. The summed E-state index contributed by atoms with van der Waals surface area (Å²) in [5.41, 5.74) is 2.88. The van der Waals surface area contributed by atoms with Crippen molar-refractivity contribution in [3.05, 3.63) is 64.6 Å². The number of nitrogens with one attached hydrogen (secondary N) is 1. The van der Waals surface area contributed by atoms with E-state index in [1.807, 2.05) is 61.5 Å². The van der Waals surface area contributed by atoms with Gasteiger partial charge in [-0.2, -0.15) is 0 Å². The topological polar surface area (TPSA) is 58.6 Å². The molecule has 150 valence electrons. The number of amides is 2. The summed E-state index contributed by atoms with van der Waals surface area (Å²) in [6, 6.07) is 15.7. The molecule has 2 aliphatic heterocycles. The Morgan fingerprint density at radius 1 is 1.24 bits per heavy atom. The SMILES string of the molecule is Cc1ccccc1C=C1Sc2ccccc2N(CC(=O)NCC2CCCO2)C1=O. The molecule has 5 nitrogen and oxygen atoms in total. The number of aryl methyl sites for hydroxylation is 1. The highest BCUT2D eigenvalue weighted by Gasteiger charge is 2.30. The smallest absolute Gasteiger partial charge is 0.265 e. The van der Waals surface area contributed by atoms with Crippen LogP contribution in [-0.2, 0) is 14.3 Å². The van der Waals surface area contributed by atoms with E-state index in [1.165, 1.54) is 11.8 Å². The summed E-state index contributed by atoms with van der Waals surface area (Å²) >= 11 is 1.45. The van der Waals surface area contributed by atoms with Crippen LogP contribution in [0.4, 0.5) is 5.69 Å². The molecule has 2 aromatic rings. The molecule has 2 amide bonds. The molecule has 0 aromatic heterocycles. The Bertz CT molecular complexity index is 951. The van der Waals surface area contributed by atoms with E-state index in [2.05, 4.69) is 5.32 Å². The fraction of sp³-hybridized carbons (Fsp3) is 0.304. The summed E-state index contributed by atoms with van der Waals surface area (Å²) < 4.78 is 5.56. The maximum absolute atomic E-state index is 13.2. The number of thioether (sulfide) groups is 1. The summed E-state index contributed by atoms with van der Waals surface area (Å²) in [6.07, 6.45) is 3.99. The molecule has 29 heavy (non-hydrogen) atoms. The second-order valence-electron chi connectivity index (χ2n) is 7.27. The minimum atomic E-state index is -0.175. The first-order chi connectivity index (χ1) is 14.1. The van der Waals surface area contributed by atoms with Crippen LogP contribution in [0.5, 0.6) is 0 Å². The molecule has 1 atom stereocenters. The molecule has 1 saturated heterocycles. The van der Waals surface area contributed by atoms with E-state index in [9.17, 15) is 9.59 Å².